The molecular weight excluding hydrogens is 155 g/mol. The van der Waals surface area contributed by atoms with Crippen LogP contribution >= 0.6 is 0 Å². The van der Waals surface area contributed by atoms with Crippen LogP contribution in [0.2, 0.25) is 0 Å². The minimum Gasteiger partial charge on any atom is -0.289 e. The number of Topliss-reactive ketones (excluding diaryl/α,β-unsaturated/α-hetero) is 1. The fraction of sp³-hybridized carbons (Fsp3) is 0.100. The largest absolute Gasteiger partial charge is 0.289 e. The van der Waals surface area contributed by atoms with Crippen LogP contribution in [0.25, 0.3) is 0 Å². The summed E-state index contributed by atoms with van der Waals surface area (Å²) in [4.78, 5) is 11.3. The van der Waals surface area contributed by atoms with Crippen LogP contribution < -0.4 is 0 Å². The lowest BCUT2D eigenvalue weighted by Crippen LogP contribution is -1.98. The number of ketones is 1. The van der Waals surface area contributed by atoms with E-state index in [-0.39, 0.29) is 11.4 Å². The molecule has 0 aromatic heterocycles. The summed E-state index contributed by atoms with van der Waals surface area (Å²) in [5.41, 5.74) is 0.644. The molecule has 1 rings (SSSR count). The molecule has 0 unspecified atom stereocenters. The van der Waals surface area contributed by atoms with Gasteiger partial charge in [0.15, 0.2) is 5.78 Å². The smallest absolute Gasteiger partial charge is 0.191 e. The molecule has 0 amide bonds. The third-order valence-corrected chi connectivity index (χ3v) is 1.56. The van der Waals surface area contributed by atoms with Crippen LogP contribution in [0.15, 0.2) is 42.2 Å². The molecule has 1 aromatic carbocycles. The van der Waals surface area contributed by atoms with Crippen molar-refractivity contribution >= 4 is 5.78 Å². The van der Waals surface area contributed by atoms with E-state index in [0.29, 0.717) is 11.9 Å². The number of carbonyl (C=O) groups excluding carboxylic acids is 1. The molecule has 0 aliphatic rings. The fourth-order valence-electron chi connectivity index (χ4n) is 0.867. The van der Waals surface area contributed by atoms with E-state index < -0.39 is 0 Å². The fourth-order valence-corrected chi connectivity index (χ4v) is 0.867. The summed E-state index contributed by atoms with van der Waals surface area (Å²) in [5.74, 6) is -0.266. The lowest BCUT2D eigenvalue weighted by molar-refractivity contribution is 0.103. The van der Waals surface area contributed by atoms with Gasteiger partial charge in [0.25, 0.3) is 0 Å². The van der Waals surface area contributed by atoms with Gasteiger partial charge < -0.3 is 0 Å². The summed E-state index contributed by atoms with van der Waals surface area (Å²) in [6.07, 6.45) is 0.329. The molecule has 0 radical (unpaired) electrons. The molecule has 1 aromatic rings. The highest BCUT2D eigenvalue weighted by Gasteiger charge is 2.05. The molecule has 2 heteroatoms. The van der Waals surface area contributed by atoms with Crippen LogP contribution in [-0.4, -0.2) is 5.78 Å². The van der Waals surface area contributed by atoms with Gasteiger partial charge in [0, 0.05) is 11.1 Å². The average molecular weight is 164 g/mol. The van der Waals surface area contributed by atoms with Gasteiger partial charge in [0.1, 0.15) is 0 Å². The van der Waals surface area contributed by atoms with Crippen molar-refractivity contribution in [3.8, 4) is 0 Å². The van der Waals surface area contributed by atoms with E-state index >= 15 is 0 Å². The number of hydrogen-bond acceptors (Lipinski definition) is 1. The van der Waals surface area contributed by atoms with E-state index in [1.54, 1.807) is 24.3 Å². The molecule has 0 spiro atoms. The minimum absolute atomic E-state index is 0.126. The Kier molecular flexibility index (Phi) is 2.75. The van der Waals surface area contributed by atoms with E-state index in [1.807, 2.05) is 6.07 Å². The monoisotopic (exact) mass is 164 g/mol. The second-order valence-corrected chi connectivity index (χ2v) is 2.49. The van der Waals surface area contributed by atoms with Crippen molar-refractivity contribution in [2.75, 3.05) is 0 Å². The van der Waals surface area contributed by atoms with Gasteiger partial charge >= 0.3 is 0 Å². The topological polar surface area (TPSA) is 17.1 Å². The Bertz CT molecular complexity index is 301. The zero-order chi connectivity index (χ0) is 8.97. The minimum atomic E-state index is -0.266. The van der Waals surface area contributed by atoms with Gasteiger partial charge in [0.2, 0.25) is 0 Å². The number of rotatable bonds is 2. The maximum absolute atomic E-state index is 11.9. The first kappa shape index (κ1) is 8.65. The number of halogens is 1. The van der Waals surface area contributed by atoms with Gasteiger partial charge in [-0.1, -0.05) is 30.3 Å². The van der Waals surface area contributed by atoms with E-state index in [4.69, 9.17) is 0 Å². The Balaban J connectivity index is 2.94. The van der Waals surface area contributed by atoms with Gasteiger partial charge in [-0.2, -0.15) is 0 Å². The van der Waals surface area contributed by atoms with Crippen LogP contribution in [0.3, 0.4) is 0 Å². The number of hydrogen-bond donors (Lipinski definition) is 0. The van der Waals surface area contributed by atoms with Gasteiger partial charge in [-0.15, -0.1) is 0 Å². The Labute approximate surface area is 70.5 Å². The molecule has 0 saturated carbocycles. The molecule has 0 aliphatic heterocycles. The Morgan fingerprint density at radius 1 is 1.33 bits per heavy atom. The highest BCUT2D eigenvalue weighted by atomic mass is 19.1. The van der Waals surface area contributed by atoms with Crippen molar-refractivity contribution < 1.29 is 9.18 Å². The zero-order valence-corrected chi connectivity index (χ0v) is 6.75. The van der Waals surface area contributed by atoms with Crippen molar-refractivity contribution in [3.05, 3.63) is 47.8 Å². The second kappa shape index (κ2) is 3.81. The lowest BCUT2D eigenvalue weighted by Gasteiger charge is -1.97. The second-order valence-electron chi connectivity index (χ2n) is 2.49. The first-order valence-corrected chi connectivity index (χ1v) is 3.62. The van der Waals surface area contributed by atoms with Gasteiger partial charge in [-0.25, -0.2) is 4.39 Å². The van der Waals surface area contributed by atoms with Crippen LogP contribution in [0, 0.1) is 0 Å². The summed E-state index contributed by atoms with van der Waals surface area (Å²) in [6.45, 7) is 1.45. The van der Waals surface area contributed by atoms with E-state index in [0.717, 1.165) is 0 Å². The molecule has 0 heterocycles. The predicted octanol–water partition coefficient (Wildman–Crippen LogP) is 2.74. The Hall–Kier alpha value is -1.44. The zero-order valence-electron chi connectivity index (χ0n) is 6.75. The highest BCUT2D eigenvalue weighted by molar-refractivity contribution is 6.08. The normalized spacial score (nSPS) is 11.3. The average Bonchev–Trinajstić information content (AvgIpc) is 2.17. The molecular formula is C10H9FO. The maximum Gasteiger partial charge on any atom is 0.191 e. The third-order valence-electron chi connectivity index (χ3n) is 1.56. The summed E-state index contributed by atoms with van der Waals surface area (Å²) in [7, 11) is 0. The molecule has 0 aliphatic carbocycles. The first-order chi connectivity index (χ1) is 5.75. The van der Waals surface area contributed by atoms with Gasteiger partial charge in [-0.05, 0) is 6.92 Å². The van der Waals surface area contributed by atoms with Crippen LogP contribution in [-0.2, 0) is 0 Å². The summed E-state index contributed by atoms with van der Waals surface area (Å²) >= 11 is 0. The van der Waals surface area contributed by atoms with Crippen LogP contribution in [0.5, 0.6) is 0 Å². The SMILES string of the molecule is C/C(=C\F)C(=O)c1ccccc1. The van der Waals surface area contributed by atoms with Crippen molar-refractivity contribution in [3.63, 3.8) is 0 Å². The highest BCUT2D eigenvalue weighted by Crippen LogP contribution is 2.07. The van der Waals surface area contributed by atoms with Gasteiger partial charge in [0.05, 0.1) is 6.33 Å². The Morgan fingerprint density at radius 2 is 1.92 bits per heavy atom. The predicted molar refractivity (Wildman–Crippen MR) is 45.6 cm³/mol. The summed E-state index contributed by atoms with van der Waals surface area (Å²) in [6, 6.07) is 8.63. The molecule has 0 saturated heterocycles. The van der Waals surface area contributed by atoms with E-state index in [2.05, 4.69) is 0 Å². The number of benzene rings is 1. The van der Waals surface area contributed by atoms with Crippen LogP contribution in [0.1, 0.15) is 17.3 Å². The molecule has 0 bridgehead atoms. The Morgan fingerprint density at radius 3 is 2.42 bits per heavy atom. The molecule has 0 atom stereocenters. The standard InChI is InChI=1S/C10H9FO/c1-8(7-11)10(12)9-5-3-2-4-6-9/h2-7H,1H3/b8-7+. The molecule has 12 heavy (non-hydrogen) atoms. The maximum atomic E-state index is 11.9. The van der Waals surface area contributed by atoms with Crippen LogP contribution in [0.4, 0.5) is 4.39 Å². The van der Waals surface area contributed by atoms with Crippen molar-refractivity contribution in [1.82, 2.24) is 0 Å². The lowest BCUT2D eigenvalue weighted by atomic mass is 10.1. The van der Waals surface area contributed by atoms with Crippen molar-refractivity contribution in [2.45, 2.75) is 6.92 Å². The molecule has 62 valence electrons. The molecule has 1 nitrogen and oxygen atoms in total. The molecule has 0 N–H and O–H groups in total. The molecule has 0 fully saturated rings. The summed E-state index contributed by atoms with van der Waals surface area (Å²) in [5, 5.41) is 0. The number of allylic oxidation sites excluding steroid dienone is 1. The van der Waals surface area contributed by atoms with E-state index in [1.165, 1.54) is 6.92 Å². The summed E-state index contributed by atoms with van der Waals surface area (Å²) < 4.78 is 11.9. The van der Waals surface area contributed by atoms with Gasteiger partial charge in [-0.3, -0.25) is 4.79 Å². The quantitative estimate of drug-likeness (QED) is 0.485. The third kappa shape index (κ3) is 1.78. The van der Waals surface area contributed by atoms with Crippen molar-refractivity contribution in [2.24, 2.45) is 0 Å². The van der Waals surface area contributed by atoms with E-state index in [9.17, 15) is 9.18 Å². The first-order valence-electron chi connectivity index (χ1n) is 3.62. The van der Waals surface area contributed by atoms with Crippen molar-refractivity contribution in [1.29, 1.82) is 0 Å². The number of carbonyl (C=O) groups is 1.